The highest BCUT2D eigenvalue weighted by Gasteiger charge is 2.29. The SMILES string of the molecule is CC1Oc2cc(N3CCNCC3)ccc2N(C)C1=O. The summed E-state index contributed by atoms with van der Waals surface area (Å²) in [6.07, 6.45) is -0.407. The van der Waals surface area contributed by atoms with Crippen LogP contribution in [0.25, 0.3) is 0 Å². The second-order valence-corrected chi connectivity index (χ2v) is 5.05. The number of likely N-dealkylation sites (N-methyl/N-ethyl adjacent to an activating group) is 1. The Kier molecular flexibility index (Phi) is 3.06. The van der Waals surface area contributed by atoms with Crippen LogP contribution in [-0.2, 0) is 4.79 Å². The third kappa shape index (κ3) is 2.14. The number of amides is 1. The van der Waals surface area contributed by atoms with E-state index in [1.54, 1.807) is 18.9 Å². The van der Waals surface area contributed by atoms with Crippen LogP contribution in [0.1, 0.15) is 6.92 Å². The second kappa shape index (κ2) is 4.74. The molecular weight excluding hydrogens is 242 g/mol. The van der Waals surface area contributed by atoms with Gasteiger partial charge in [0.1, 0.15) is 5.75 Å². The second-order valence-electron chi connectivity index (χ2n) is 5.05. The number of hydrogen-bond donors (Lipinski definition) is 1. The highest BCUT2D eigenvalue weighted by atomic mass is 16.5. The van der Waals surface area contributed by atoms with Crippen molar-refractivity contribution in [3.63, 3.8) is 0 Å². The van der Waals surface area contributed by atoms with Crippen molar-refractivity contribution in [3.05, 3.63) is 18.2 Å². The van der Waals surface area contributed by atoms with Gasteiger partial charge in [0.25, 0.3) is 5.91 Å². The first-order chi connectivity index (χ1) is 9.16. The molecule has 3 rings (SSSR count). The Balaban J connectivity index is 1.91. The molecule has 0 radical (unpaired) electrons. The molecule has 1 amide bonds. The first-order valence-corrected chi connectivity index (χ1v) is 6.71. The van der Waals surface area contributed by atoms with E-state index < -0.39 is 6.10 Å². The number of piperazine rings is 1. The van der Waals surface area contributed by atoms with Gasteiger partial charge in [-0.2, -0.15) is 0 Å². The maximum absolute atomic E-state index is 11.9. The Morgan fingerprint density at radius 3 is 2.79 bits per heavy atom. The summed E-state index contributed by atoms with van der Waals surface area (Å²) in [5, 5.41) is 3.34. The van der Waals surface area contributed by atoms with Crippen LogP contribution in [0.2, 0.25) is 0 Å². The number of carbonyl (C=O) groups excluding carboxylic acids is 1. The summed E-state index contributed by atoms with van der Waals surface area (Å²) in [6, 6.07) is 6.07. The molecule has 2 heterocycles. The number of nitrogens with one attached hydrogen (secondary N) is 1. The molecule has 0 aliphatic carbocycles. The van der Waals surface area contributed by atoms with Gasteiger partial charge in [0.15, 0.2) is 6.10 Å². The van der Waals surface area contributed by atoms with Gasteiger partial charge >= 0.3 is 0 Å². The molecule has 1 atom stereocenters. The van der Waals surface area contributed by atoms with Crippen LogP contribution in [0.5, 0.6) is 5.75 Å². The van der Waals surface area contributed by atoms with E-state index in [4.69, 9.17) is 4.74 Å². The maximum Gasteiger partial charge on any atom is 0.267 e. The number of nitrogens with zero attached hydrogens (tertiary/aromatic N) is 2. The summed E-state index contributed by atoms with van der Waals surface area (Å²) in [5.41, 5.74) is 2.01. The van der Waals surface area contributed by atoms with E-state index in [-0.39, 0.29) is 5.91 Å². The van der Waals surface area contributed by atoms with Gasteiger partial charge in [-0.15, -0.1) is 0 Å². The summed E-state index contributed by atoms with van der Waals surface area (Å²) >= 11 is 0. The van der Waals surface area contributed by atoms with Crippen LogP contribution in [0.15, 0.2) is 18.2 Å². The zero-order valence-corrected chi connectivity index (χ0v) is 11.3. The van der Waals surface area contributed by atoms with E-state index >= 15 is 0 Å². The largest absolute Gasteiger partial charge is 0.479 e. The molecule has 5 heteroatoms. The molecule has 0 spiro atoms. The molecule has 1 aromatic carbocycles. The van der Waals surface area contributed by atoms with Gasteiger partial charge in [0.2, 0.25) is 0 Å². The number of benzene rings is 1. The van der Waals surface area contributed by atoms with Crippen molar-refractivity contribution < 1.29 is 9.53 Å². The lowest BCUT2D eigenvalue weighted by molar-refractivity contribution is -0.125. The van der Waals surface area contributed by atoms with Gasteiger partial charge in [0, 0.05) is 45.0 Å². The molecule has 1 fully saturated rings. The minimum Gasteiger partial charge on any atom is -0.479 e. The van der Waals surface area contributed by atoms with Crippen molar-refractivity contribution in [3.8, 4) is 5.75 Å². The quantitative estimate of drug-likeness (QED) is 0.813. The lowest BCUT2D eigenvalue weighted by Crippen LogP contribution is -2.44. The highest BCUT2D eigenvalue weighted by molar-refractivity contribution is 5.99. The number of rotatable bonds is 1. The predicted molar refractivity (Wildman–Crippen MR) is 75.0 cm³/mol. The van der Waals surface area contributed by atoms with Gasteiger partial charge in [-0.05, 0) is 19.1 Å². The maximum atomic E-state index is 11.9. The van der Waals surface area contributed by atoms with E-state index in [1.807, 2.05) is 12.1 Å². The Morgan fingerprint density at radius 1 is 1.32 bits per heavy atom. The first kappa shape index (κ1) is 12.3. The third-order valence-corrected chi connectivity index (χ3v) is 3.77. The molecular formula is C14H19N3O2. The topological polar surface area (TPSA) is 44.8 Å². The van der Waals surface area contributed by atoms with Gasteiger partial charge in [-0.3, -0.25) is 4.79 Å². The predicted octanol–water partition coefficient (Wildman–Crippen LogP) is 0.840. The highest BCUT2D eigenvalue weighted by Crippen LogP contribution is 2.36. The van der Waals surface area contributed by atoms with Crippen LogP contribution in [0.4, 0.5) is 11.4 Å². The Labute approximate surface area is 113 Å². The zero-order valence-electron chi connectivity index (χ0n) is 11.3. The number of fused-ring (bicyclic) bond motifs is 1. The van der Waals surface area contributed by atoms with Crippen LogP contribution in [0, 0.1) is 0 Å². The van der Waals surface area contributed by atoms with Crippen molar-refractivity contribution in [1.82, 2.24) is 5.32 Å². The molecule has 2 aliphatic rings. The fourth-order valence-corrected chi connectivity index (χ4v) is 2.63. The summed E-state index contributed by atoms with van der Waals surface area (Å²) in [4.78, 5) is 15.9. The summed E-state index contributed by atoms with van der Waals surface area (Å²) in [7, 11) is 1.80. The fourth-order valence-electron chi connectivity index (χ4n) is 2.63. The normalized spacial score (nSPS) is 23.1. The van der Waals surface area contributed by atoms with Gasteiger partial charge < -0.3 is 19.9 Å². The van der Waals surface area contributed by atoms with E-state index in [9.17, 15) is 4.79 Å². The average molecular weight is 261 g/mol. The smallest absolute Gasteiger partial charge is 0.267 e. The van der Waals surface area contributed by atoms with Crippen molar-refractivity contribution in [2.45, 2.75) is 13.0 Å². The third-order valence-electron chi connectivity index (χ3n) is 3.77. The number of ether oxygens (including phenoxy) is 1. The monoisotopic (exact) mass is 261 g/mol. The van der Waals surface area contributed by atoms with E-state index in [0.29, 0.717) is 0 Å². The molecule has 1 N–H and O–H groups in total. The van der Waals surface area contributed by atoms with Gasteiger partial charge in [-0.1, -0.05) is 0 Å². The minimum absolute atomic E-state index is 0.00224. The van der Waals surface area contributed by atoms with E-state index in [2.05, 4.69) is 16.3 Å². The average Bonchev–Trinajstić information content (AvgIpc) is 2.45. The van der Waals surface area contributed by atoms with E-state index in [0.717, 1.165) is 43.3 Å². The molecule has 0 saturated carbocycles. The standard InChI is InChI=1S/C14H19N3O2/c1-10-14(18)16(2)12-4-3-11(9-13(12)19-10)17-7-5-15-6-8-17/h3-4,9-10,15H,5-8H2,1-2H3. The number of anilines is 2. The summed E-state index contributed by atoms with van der Waals surface area (Å²) in [5.74, 6) is 0.799. The molecule has 2 aliphatic heterocycles. The van der Waals surface area contributed by atoms with Crippen molar-refractivity contribution >= 4 is 17.3 Å². The van der Waals surface area contributed by atoms with Crippen LogP contribution in [-0.4, -0.2) is 45.2 Å². The summed E-state index contributed by atoms with van der Waals surface area (Å²) in [6.45, 7) is 5.81. The zero-order chi connectivity index (χ0) is 13.4. The van der Waals surface area contributed by atoms with Crippen molar-refractivity contribution in [2.24, 2.45) is 0 Å². The van der Waals surface area contributed by atoms with Gasteiger partial charge in [-0.25, -0.2) is 0 Å². The lowest BCUT2D eigenvalue weighted by atomic mass is 10.1. The van der Waals surface area contributed by atoms with E-state index in [1.165, 1.54) is 0 Å². The molecule has 102 valence electrons. The number of carbonyl (C=O) groups is 1. The number of hydrogen-bond acceptors (Lipinski definition) is 4. The Bertz CT molecular complexity index is 497. The van der Waals surface area contributed by atoms with Crippen molar-refractivity contribution in [1.29, 1.82) is 0 Å². The molecule has 1 unspecified atom stereocenters. The fraction of sp³-hybridized carbons (Fsp3) is 0.500. The Hall–Kier alpha value is -1.75. The lowest BCUT2D eigenvalue weighted by Gasteiger charge is -2.33. The molecule has 1 aromatic rings. The molecule has 19 heavy (non-hydrogen) atoms. The minimum atomic E-state index is -0.407. The molecule has 5 nitrogen and oxygen atoms in total. The Morgan fingerprint density at radius 2 is 2.05 bits per heavy atom. The molecule has 0 aromatic heterocycles. The van der Waals surface area contributed by atoms with Crippen LogP contribution in [0.3, 0.4) is 0 Å². The van der Waals surface area contributed by atoms with Crippen LogP contribution < -0.4 is 19.9 Å². The van der Waals surface area contributed by atoms with Gasteiger partial charge in [0.05, 0.1) is 5.69 Å². The van der Waals surface area contributed by atoms with Crippen molar-refractivity contribution in [2.75, 3.05) is 43.0 Å². The summed E-state index contributed by atoms with van der Waals surface area (Å²) < 4.78 is 5.71. The molecule has 0 bridgehead atoms. The first-order valence-electron chi connectivity index (χ1n) is 6.71. The van der Waals surface area contributed by atoms with Crippen LogP contribution >= 0.6 is 0 Å². The molecule has 1 saturated heterocycles.